The predicted octanol–water partition coefficient (Wildman–Crippen LogP) is 5.45. The molecular weight excluding hydrogens is 841 g/mol. The van der Waals surface area contributed by atoms with E-state index in [2.05, 4.69) is 40.3 Å². The van der Waals surface area contributed by atoms with Crippen LogP contribution in [0.5, 0.6) is 11.5 Å². The van der Waals surface area contributed by atoms with E-state index in [9.17, 15) is 19.8 Å². The largest absolute Gasteiger partial charge is 0.487 e. The molecule has 0 aliphatic rings. The van der Waals surface area contributed by atoms with Crippen LogP contribution in [0.15, 0.2) is 132 Å². The molecule has 2 unspecified atom stereocenters. The van der Waals surface area contributed by atoms with Gasteiger partial charge in [-0.2, -0.15) is 20.4 Å². The Bertz CT molecular complexity index is 2810. The summed E-state index contributed by atoms with van der Waals surface area (Å²) in [5.41, 5.74) is 3.78. The van der Waals surface area contributed by atoms with Crippen molar-refractivity contribution in [2.75, 3.05) is 13.2 Å². The molecular formula is C48H52N12O6. The number of benzene rings is 2. The zero-order valence-electron chi connectivity index (χ0n) is 38.0. The Morgan fingerprint density at radius 1 is 0.576 bits per heavy atom. The standard InChI is InChI=1S/2C24H26N6O3/c2*1-16(22-21(31)8-9-30(28-22)19-11-27-29(4)14-19)17-6-5-7-18(10-17)23-25-12-20(13-26-23)33-15-24(2,3)32/h2*5-14,16,32H,15H2,1-4H3. The van der Waals surface area contributed by atoms with E-state index in [-0.39, 0.29) is 35.9 Å². The van der Waals surface area contributed by atoms with E-state index in [0.29, 0.717) is 34.5 Å². The van der Waals surface area contributed by atoms with Gasteiger partial charge in [0.15, 0.2) is 23.1 Å². The van der Waals surface area contributed by atoms with Crippen molar-refractivity contribution in [2.24, 2.45) is 14.1 Å². The molecule has 0 saturated carbocycles. The Hall–Kier alpha value is -7.70. The SMILES string of the molecule is CC(c1cccc(-c2ncc(OCC(C)(C)O)cn2)c1)c1nn(-c2cnn(C)c2)ccc1=O.CC(c1cccc(-c2ncc(OCC(C)(C)O)cn2)c1)c1nn(-c2cnn(C)c2)ccc1=O. The number of hydrogen-bond donors (Lipinski definition) is 2. The molecule has 0 spiro atoms. The zero-order chi connectivity index (χ0) is 47.2. The number of aromatic nitrogens is 12. The fourth-order valence-electron chi connectivity index (χ4n) is 6.59. The smallest absolute Gasteiger partial charge is 0.203 e. The molecule has 2 aromatic carbocycles. The maximum absolute atomic E-state index is 12.6. The summed E-state index contributed by atoms with van der Waals surface area (Å²) in [6.45, 7) is 10.9. The van der Waals surface area contributed by atoms with E-state index < -0.39 is 11.2 Å². The van der Waals surface area contributed by atoms with E-state index >= 15 is 0 Å². The lowest BCUT2D eigenvalue weighted by atomic mass is 9.95. The monoisotopic (exact) mass is 892 g/mol. The summed E-state index contributed by atoms with van der Waals surface area (Å²) in [7, 11) is 3.66. The van der Waals surface area contributed by atoms with Crippen LogP contribution in [0, 0.1) is 0 Å². The summed E-state index contributed by atoms with van der Waals surface area (Å²) in [6.07, 6.45) is 16.6. The zero-order valence-corrected chi connectivity index (χ0v) is 38.0. The first-order chi connectivity index (χ1) is 31.4. The van der Waals surface area contributed by atoms with E-state index in [0.717, 1.165) is 33.6 Å². The Balaban J connectivity index is 0.000000196. The molecule has 18 heteroatoms. The second-order valence-electron chi connectivity index (χ2n) is 17.1. The van der Waals surface area contributed by atoms with Gasteiger partial charge in [0.25, 0.3) is 0 Å². The van der Waals surface area contributed by atoms with E-state index in [1.807, 2.05) is 88.9 Å². The number of nitrogens with zero attached hydrogens (tertiary/aromatic N) is 12. The molecule has 18 nitrogen and oxygen atoms in total. The normalized spacial score (nSPS) is 12.5. The van der Waals surface area contributed by atoms with Crippen LogP contribution < -0.4 is 20.3 Å². The van der Waals surface area contributed by atoms with Gasteiger partial charge < -0.3 is 19.7 Å². The van der Waals surface area contributed by atoms with Gasteiger partial charge in [0.2, 0.25) is 10.9 Å². The summed E-state index contributed by atoms with van der Waals surface area (Å²) >= 11 is 0. The summed E-state index contributed by atoms with van der Waals surface area (Å²) in [4.78, 5) is 42.7. The second kappa shape index (κ2) is 19.6. The van der Waals surface area contributed by atoms with Crippen LogP contribution in [0.2, 0.25) is 0 Å². The lowest BCUT2D eigenvalue weighted by molar-refractivity contribution is 0.0279. The van der Waals surface area contributed by atoms with Gasteiger partial charge >= 0.3 is 0 Å². The molecule has 66 heavy (non-hydrogen) atoms. The van der Waals surface area contributed by atoms with Crippen molar-refractivity contribution >= 4 is 0 Å². The lowest BCUT2D eigenvalue weighted by Gasteiger charge is -2.17. The van der Waals surface area contributed by atoms with Gasteiger partial charge in [-0.3, -0.25) is 19.0 Å². The maximum Gasteiger partial charge on any atom is 0.203 e. The van der Waals surface area contributed by atoms with Gasteiger partial charge in [-0.15, -0.1) is 0 Å². The van der Waals surface area contributed by atoms with Crippen LogP contribution >= 0.6 is 0 Å². The second-order valence-corrected chi connectivity index (χ2v) is 17.1. The average molecular weight is 893 g/mol. The van der Waals surface area contributed by atoms with Crippen molar-refractivity contribution in [3.63, 3.8) is 0 Å². The maximum atomic E-state index is 12.6. The fraction of sp³-hybridized carbons (Fsp3) is 0.292. The summed E-state index contributed by atoms with van der Waals surface area (Å²) < 4.78 is 17.7. The van der Waals surface area contributed by atoms with E-state index in [1.54, 1.807) is 96.0 Å². The number of hydrogen-bond acceptors (Lipinski definition) is 14. The number of ether oxygens (including phenoxy) is 2. The third-order valence-corrected chi connectivity index (χ3v) is 10.1. The van der Waals surface area contributed by atoms with Gasteiger partial charge in [-0.25, -0.2) is 29.3 Å². The molecule has 2 atom stereocenters. The molecule has 0 fully saturated rings. The van der Waals surface area contributed by atoms with Crippen molar-refractivity contribution in [1.29, 1.82) is 0 Å². The first-order valence-electron chi connectivity index (χ1n) is 21.1. The van der Waals surface area contributed by atoms with Crippen molar-refractivity contribution in [1.82, 2.24) is 59.1 Å². The van der Waals surface area contributed by atoms with E-state index in [1.165, 1.54) is 12.1 Å². The first kappa shape index (κ1) is 46.3. The Morgan fingerprint density at radius 2 is 0.955 bits per heavy atom. The topological polar surface area (TPSA) is 216 Å². The molecule has 8 rings (SSSR count). The third kappa shape index (κ3) is 11.9. The average Bonchev–Trinajstić information content (AvgIpc) is 3.95. The van der Waals surface area contributed by atoms with Gasteiger partial charge in [0, 0.05) is 61.6 Å². The molecule has 340 valence electrons. The minimum atomic E-state index is -0.940. The van der Waals surface area contributed by atoms with Crippen LogP contribution in [0.4, 0.5) is 0 Å². The molecule has 0 aliphatic heterocycles. The van der Waals surface area contributed by atoms with Crippen LogP contribution in [0.1, 0.15) is 75.9 Å². The quantitative estimate of drug-likeness (QED) is 0.139. The molecule has 0 radical (unpaired) electrons. The highest BCUT2D eigenvalue weighted by atomic mass is 16.5. The van der Waals surface area contributed by atoms with Gasteiger partial charge in [0.05, 0.1) is 60.8 Å². The van der Waals surface area contributed by atoms with Gasteiger partial charge in [-0.1, -0.05) is 50.2 Å². The van der Waals surface area contributed by atoms with Crippen molar-refractivity contribution < 1.29 is 19.7 Å². The Labute approximate surface area is 380 Å². The fourth-order valence-corrected chi connectivity index (χ4v) is 6.59. The number of aryl methyl sites for hydroxylation is 2. The third-order valence-electron chi connectivity index (χ3n) is 10.1. The highest BCUT2D eigenvalue weighted by Crippen LogP contribution is 2.27. The van der Waals surface area contributed by atoms with Crippen molar-refractivity contribution in [3.8, 4) is 45.6 Å². The number of aliphatic hydroxyl groups is 2. The molecule has 6 aromatic heterocycles. The van der Waals surface area contributed by atoms with E-state index in [4.69, 9.17) is 9.47 Å². The summed E-state index contributed by atoms with van der Waals surface area (Å²) in [5.74, 6) is 1.55. The molecule has 0 bridgehead atoms. The molecule has 2 N–H and O–H groups in total. The van der Waals surface area contributed by atoms with Crippen LogP contribution in [0.3, 0.4) is 0 Å². The van der Waals surface area contributed by atoms with Crippen LogP contribution in [-0.4, -0.2) is 93.7 Å². The highest BCUT2D eigenvalue weighted by molar-refractivity contribution is 5.58. The van der Waals surface area contributed by atoms with Crippen molar-refractivity contribution in [2.45, 2.75) is 64.6 Å². The van der Waals surface area contributed by atoms with Crippen LogP contribution in [-0.2, 0) is 14.1 Å². The minimum Gasteiger partial charge on any atom is -0.487 e. The van der Waals surface area contributed by atoms with Crippen LogP contribution in [0.25, 0.3) is 34.2 Å². The molecule has 0 amide bonds. The minimum absolute atomic E-state index is 0.127. The number of rotatable bonds is 14. The highest BCUT2D eigenvalue weighted by Gasteiger charge is 2.19. The molecule has 6 heterocycles. The lowest BCUT2D eigenvalue weighted by Crippen LogP contribution is -2.27. The van der Waals surface area contributed by atoms with Crippen molar-refractivity contribution in [3.05, 3.63) is 166 Å². The molecule has 0 aliphatic carbocycles. The van der Waals surface area contributed by atoms with Gasteiger partial charge in [0.1, 0.15) is 36.0 Å². The first-order valence-corrected chi connectivity index (χ1v) is 21.1. The molecule has 0 saturated heterocycles. The molecule has 8 aromatic rings. The summed E-state index contributed by atoms with van der Waals surface area (Å²) in [5, 5.41) is 37.1. The predicted molar refractivity (Wildman–Crippen MR) is 247 cm³/mol. The Kier molecular flexibility index (Phi) is 13.7. The Morgan fingerprint density at radius 3 is 1.29 bits per heavy atom. The summed E-state index contributed by atoms with van der Waals surface area (Å²) in [6, 6.07) is 18.5. The van der Waals surface area contributed by atoms with Gasteiger partial charge in [-0.05, 0) is 51.0 Å².